The maximum atomic E-state index is 13.6. The molecule has 0 aliphatic heterocycles. The first-order valence-corrected chi connectivity index (χ1v) is 6.53. The molecule has 0 atom stereocenters. The van der Waals surface area contributed by atoms with Gasteiger partial charge in [0.15, 0.2) is 5.82 Å². The van der Waals surface area contributed by atoms with Crippen LogP contribution in [0.25, 0.3) is 0 Å². The zero-order valence-electron chi connectivity index (χ0n) is 9.17. The fourth-order valence-electron chi connectivity index (χ4n) is 1.36. The molecule has 2 rings (SSSR count). The van der Waals surface area contributed by atoms with Gasteiger partial charge in [-0.3, -0.25) is 4.98 Å². The average Bonchev–Trinajstić information content (AvgIpc) is 2.34. The molecule has 0 N–H and O–H groups in total. The van der Waals surface area contributed by atoms with Crippen LogP contribution in [0, 0.1) is 11.6 Å². The minimum Gasteiger partial charge on any atom is -0.260 e. The van der Waals surface area contributed by atoms with E-state index in [4.69, 9.17) is 23.2 Å². The third-order valence-electron chi connectivity index (χ3n) is 2.21. The largest absolute Gasteiger partial charge is 0.260 e. The van der Waals surface area contributed by atoms with E-state index in [0.29, 0.717) is 4.47 Å². The molecule has 0 amide bonds. The molecule has 0 saturated heterocycles. The highest BCUT2D eigenvalue weighted by Crippen LogP contribution is 2.30. The maximum Gasteiger partial charge on any atom is 0.168 e. The summed E-state index contributed by atoms with van der Waals surface area (Å²) in [6, 6.07) is 4.10. The first-order chi connectivity index (χ1) is 9.00. The number of nitrogens with zero attached hydrogens (tertiary/aromatic N) is 2. The molecular formula is C12H5BrCl2F2N2. The normalized spacial score (nSPS) is 11.7. The van der Waals surface area contributed by atoms with Crippen LogP contribution in [0.2, 0.25) is 5.02 Å². The van der Waals surface area contributed by atoms with Crippen LogP contribution in [-0.4, -0.2) is 10.2 Å². The van der Waals surface area contributed by atoms with Gasteiger partial charge in [-0.05, 0) is 28.1 Å². The minimum atomic E-state index is -0.681. The highest BCUT2D eigenvalue weighted by atomic mass is 79.9. The Morgan fingerprint density at radius 2 is 1.95 bits per heavy atom. The number of hydrogen-bond donors (Lipinski definition) is 0. The summed E-state index contributed by atoms with van der Waals surface area (Å²) in [5, 5.41) is -0.145. The van der Waals surface area contributed by atoms with Gasteiger partial charge in [0.05, 0.1) is 21.3 Å². The van der Waals surface area contributed by atoms with Gasteiger partial charge in [-0.1, -0.05) is 29.3 Å². The standard InChI is InChI=1S/C12H5BrCl2F2N2/c13-6-4-18-5-9(17)11(6)19-12(15)10-7(14)2-1-3-8(10)16/h1-5H/b19-12-. The van der Waals surface area contributed by atoms with E-state index in [1.807, 2.05) is 0 Å². The van der Waals surface area contributed by atoms with E-state index in [9.17, 15) is 8.78 Å². The van der Waals surface area contributed by atoms with Crippen molar-refractivity contribution < 1.29 is 8.78 Å². The van der Waals surface area contributed by atoms with E-state index in [2.05, 4.69) is 25.9 Å². The van der Waals surface area contributed by atoms with Crippen molar-refractivity contribution in [1.82, 2.24) is 4.98 Å². The SMILES string of the molecule is Fc1cncc(Br)c1/N=C(\Cl)c1c(F)cccc1Cl. The molecule has 0 unspecified atom stereocenters. The molecule has 2 nitrogen and oxygen atoms in total. The van der Waals surface area contributed by atoms with Crippen LogP contribution in [0.3, 0.4) is 0 Å². The second kappa shape index (κ2) is 5.94. The Morgan fingerprint density at radius 3 is 2.58 bits per heavy atom. The average molecular weight is 366 g/mol. The van der Waals surface area contributed by atoms with Gasteiger partial charge >= 0.3 is 0 Å². The van der Waals surface area contributed by atoms with Crippen molar-refractivity contribution in [3.05, 3.63) is 57.3 Å². The lowest BCUT2D eigenvalue weighted by molar-refractivity contribution is 0.621. The van der Waals surface area contributed by atoms with Gasteiger partial charge in [0.25, 0.3) is 0 Å². The number of benzene rings is 1. The third kappa shape index (κ3) is 3.11. The molecule has 0 bridgehead atoms. The van der Waals surface area contributed by atoms with Gasteiger partial charge < -0.3 is 0 Å². The Kier molecular flexibility index (Phi) is 4.50. The summed E-state index contributed by atoms with van der Waals surface area (Å²) in [5.74, 6) is -1.31. The maximum absolute atomic E-state index is 13.6. The first kappa shape index (κ1) is 14.4. The summed E-state index contributed by atoms with van der Waals surface area (Å²) < 4.78 is 27.5. The van der Waals surface area contributed by atoms with E-state index in [-0.39, 0.29) is 21.4 Å². The monoisotopic (exact) mass is 364 g/mol. The van der Waals surface area contributed by atoms with Crippen LogP contribution in [0.15, 0.2) is 40.1 Å². The Bertz CT molecular complexity index is 622. The summed E-state index contributed by atoms with van der Waals surface area (Å²) in [6.45, 7) is 0. The van der Waals surface area contributed by atoms with Gasteiger partial charge in [0, 0.05) is 6.20 Å². The molecule has 98 valence electrons. The van der Waals surface area contributed by atoms with Crippen LogP contribution >= 0.6 is 39.1 Å². The highest BCUT2D eigenvalue weighted by Gasteiger charge is 2.14. The van der Waals surface area contributed by atoms with Gasteiger partial charge in [-0.2, -0.15) is 0 Å². The summed E-state index contributed by atoms with van der Waals surface area (Å²) >= 11 is 14.9. The van der Waals surface area contributed by atoms with Crippen molar-refractivity contribution in [2.75, 3.05) is 0 Å². The van der Waals surface area contributed by atoms with Crippen molar-refractivity contribution in [3.8, 4) is 0 Å². The molecule has 7 heteroatoms. The quantitative estimate of drug-likeness (QED) is 0.680. The van der Waals surface area contributed by atoms with Crippen molar-refractivity contribution in [2.45, 2.75) is 0 Å². The summed E-state index contributed by atoms with van der Waals surface area (Å²) in [5.41, 5.74) is -0.145. The zero-order valence-corrected chi connectivity index (χ0v) is 12.3. The lowest BCUT2D eigenvalue weighted by Gasteiger charge is -2.05. The van der Waals surface area contributed by atoms with E-state index < -0.39 is 11.6 Å². The molecule has 0 aliphatic carbocycles. The van der Waals surface area contributed by atoms with E-state index >= 15 is 0 Å². The molecule has 19 heavy (non-hydrogen) atoms. The fraction of sp³-hybridized carbons (Fsp3) is 0. The Hall–Kier alpha value is -1.04. The predicted molar refractivity (Wildman–Crippen MR) is 75.4 cm³/mol. The summed E-state index contributed by atoms with van der Waals surface area (Å²) in [6.07, 6.45) is 2.34. The van der Waals surface area contributed by atoms with Crippen molar-refractivity contribution in [2.24, 2.45) is 4.99 Å². The van der Waals surface area contributed by atoms with Crippen molar-refractivity contribution in [1.29, 1.82) is 0 Å². The molecule has 0 spiro atoms. The van der Waals surface area contributed by atoms with Crippen LogP contribution in [-0.2, 0) is 0 Å². The smallest absolute Gasteiger partial charge is 0.168 e. The van der Waals surface area contributed by atoms with Gasteiger partial charge in [-0.25, -0.2) is 13.8 Å². The lowest BCUT2D eigenvalue weighted by atomic mass is 10.2. The van der Waals surface area contributed by atoms with E-state index in [1.165, 1.54) is 24.4 Å². The first-order valence-electron chi connectivity index (χ1n) is 4.98. The molecule has 0 fully saturated rings. The molecule has 0 radical (unpaired) electrons. The minimum absolute atomic E-state index is 0.0701. The second-order valence-electron chi connectivity index (χ2n) is 3.45. The Balaban J connectivity index is 2.55. The number of pyridine rings is 1. The molecule has 0 aliphatic rings. The van der Waals surface area contributed by atoms with Gasteiger partial charge in [-0.15, -0.1) is 0 Å². The molecule has 1 heterocycles. The number of aromatic nitrogens is 1. The Morgan fingerprint density at radius 1 is 1.21 bits per heavy atom. The highest BCUT2D eigenvalue weighted by molar-refractivity contribution is 9.10. The predicted octanol–water partition coefficient (Wildman–Crippen LogP) is 5.09. The second-order valence-corrected chi connectivity index (χ2v) is 5.07. The molecule has 0 saturated carbocycles. The number of aliphatic imine (C=N–C) groups is 1. The topological polar surface area (TPSA) is 25.2 Å². The number of hydrogen-bond acceptors (Lipinski definition) is 2. The summed E-state index contributed by atoms with van der Waals surface area (Å²) in [4.78, 5) is 7.47. The van der Waals surface area contributed by atoms with Crippen LogP contribution in [0.5, 0.6) is 0 Å². The van der Waals surface area contributed by atoms with Crippen molar-refractivity contribution in [3.63, 3.8) is 0 Å². The van der Waals surface area contributed by atoms with Gasteiger partial charge in [0.2, 0.25) is 0 Å². The van der Waals surface area contributed by atoms with E-state index in [1.54, 1.807) is 0 Å². The van der Waals surface area contributed by atoms with Crippen molar-refractivity contribution >= 4 is 50.0 Å². The molecule has 2 aromatic rings. The Labute approximate surface area is 126 Å². The van der Waals surface area contributed by atoms with Crippen LogP contribution in [0.4, 0.5) is 14.5 Å². The molecular weight excluding hydrogens is 361 g/mol. The lowest BCUT2D eigenvalue weighted by Crippen LogP contribution is -1.97. The third-order valence-corrected chi connectivity index (χ3v) is 3.38. The molecule has 1 aromatic carbocycles. The zero-order chi connectivity index (χ0) is 14.0. The fourth-order valence-corrected chi connectivity index (χ4v) is 2.33. The van der Waals surface area contributed by atoms with Gasteiger partial charge in [0.1, 0.15) is 16.7 Å². The molecule has 1 aromatic heterocycles. The van der Waals surface area contributed by atoms with Crippen LogP contribution in [0.1, 0.15) is 5.56 Å². The number of rotatable bonds is 2. The van der Waals surface area contributed by atoms with Crippen LogP contribution < -0.4 is 0 Å². The summed E-state index contributed by atoms with van der Waals surface area (Å²) in [7, 11) is 0. The van der Waals surface area contributed by atoms with E-state index in [0.717, 1.165) is 6.20 Å². The number of halogens is 5.